The first-order valence-corrected chi connectivity index (χ1v) is 7.72. The third-order valence-electron chi connectivity index (χ3n) is 5.00. The third-order valence-corrected chi connectivity index (χ3v) is 5.00. The van der Waals surface area contributed by atoms with Gasteiger partial charge in [0.25, 0.3) is 0 Å². The highest BCUT2D eigenvalue weighted by atomic mass is 16.5. The monoisotopic (exact) mass is 284 g/mol. The predicted octanol–water partition coefficient (Wildman–Crippen LogP) is 2.79. The molecule has 0 spiro atoms. The molecule has 0 radical (unpaired) electrons. The van der Waals surface area contributed by atoms with Gasteiger partial charge in [0, 0.05) is 23.0 Å². The molecule has 2 aliphatic heterocycles. The number of nitrogens with zero attached hydrogens (tertiary/aromatic N) is 1. The minimum Gasteiger partial charge on any atom is -0.468 e. The topological polar surface area (TPSA) is 45.3 Å². The Morgan fingerprint density at radius 2 is 2.19 bits per heavy atom. The minimum atomic E-state index is -0.132. The van der Waals surface area contributed by atoms with Crippen LogP contribution in [0.4, 0.5) is 0 Å². The first-order chi connectivity index (χ1) is 10.3. The summed E-state index contributed by atoms with van der Waals surface area (Å²) in [5.41, 5.74) is 3.80. The first kappa shape index (κ1) is 12.9. The largest absolute Gasteiger partial charge is 0.468 e. The molecular weight excluding hydrogens is 264 g/mol. The fraction of sp³-hybridized carbons (Fsp3) is 0.471. The van der Waals surface area contributed by atoms with Crippen LogP contribution in [-0.4, -0.2) is 35.5 Å². The molecule has 0 saturated carbocycles. The van der Waals surface area contributed by atoms with E-state index in [1.165, 1.54) is 42.1 Å². The van der Waals surface area contributed by atoms with Gasteiger partial charge in [-0.1, -0.05) is 24.6 Å². The number of carbonyl (C=O) groups excluding carboxylic acids is 1. The lowest BCUT2D eigenvalue weighted by Crippen LogP contribution is -2.50. The van der Waals surface area contributed by atoms with E-state index in [4.69, 9.17) is 4.74 Å². The summed E-state index contributed by atoms with van der Waals surface area (Å²) >= 11 is 0. The lowest BCUT2D eigenvalue weighted by atomic mass is 9.86. The molecule has 110 valence electrons. The van der Waals surface area contributed by atoms with E-state index in [0.717, 1.165) is 19.4 Å². The van der Waals surface area contributed by atoms with Gasteiger partial charge < -0.3 is 9.72 Å². The highest BCUT2D eigenvalue weighted by Crippen LogP contribution is 2.41. The summed E-state index contributed by atoms with van der Waals surface area (Å²) in [6.07, 6.45) is 4.26. The molecule has 2 aliphatic rings. The standard InChI is InChI=1S/C17H20N2O2/c1-21-17(20)15-10-12-11-6-2-3-7-13(11)18-16(12)14-8-4-5-9-19(14)15/h2-3,6-7,14-15,18H,4-5,8-10H2,1H3/t14-,15+/m1/s1. The van der Waals surface area contributed by atoms with Gasteiger partial charge in [-0.15, -0.1) is 0 Å². The number of para-hydroxylation sites is 1. The number of aromatic nitrogens is 1. The van der Waals surface area contributed by atoms with E-state index in [0.29, 0.717) is 6.04 Å². The SMILES string of the molecule is COC(=O)[C@@H]1Cc2c([nH]c3ccccc23)[C@H]2CCCCN21. The van der Waals surface area contributed by atoms with Crippen LogP contribution in [0.3, 0.4) is 0 Å². The Morgan fingerprint density at radius 3 is 3.05 bits per heavy atom. The molecule has 2 aromatic rings. The maximum atomic E-state index is 12.2. The van der Waals surface area contributed by atoms with Crippen molar-refractivity contribution in [2.24, 2.45) is 0 Å². The smallest absolute Gasteiger partial charge is 0.323 e. The first-order valence-electron chi connectivity index (χ1n) is 7.72. The number of ether oxygens (including phenoxy) is 1. The number of hydrogen-bond acceptors (Lipinski definition) is 3. The molecule has 1 fully saturated rings. The van der Waals surface area contributed by atoms with Gasteiger partial charge in [-0.25, -0.2) is 0 Å². The molecule has 3 heterocycles. The molecular formula is C17H20N2O2. The Kier molecular flexibility index (Phi) is 3.00. The molecule has 4 nitrogen and oxygen atoms in total. The van der Waals surface area contributed by atoms with Crippen molar-refractivity contribution in [3.05, 3.63) is 35.5 Å². The highest BCUT2D eigenvalue weighted by Gasteiger charge is 2.41. The molecule has 4 rings (SSSR count). The number of piperidine rings is 1. The Labute approximate surface area is 124 Å². The Morgan fingerprint density at radius 1 is 1.33 bits per heavy atom. The zero-order valence-corrected chi connectivity index (χ0v) is 12.3. The molecule has 1 aromatic heterocycles. The van der Waals surface area contributed by atoms with E-state index < -0.39 is 0 Å². The summed E-state index contributed by atoms with van der Waals surface area (Å²) in [5.74, 6) is -0.0992. The van der Waals surface area contributed by atoms with Gasteiger partial charge in [0.1, 0.15) is 6.04 Å². The van der Waals surface area contributed by atoms with Crippen LogP contribution in [0.2, 0.25) is 0 Å². The van der Waals surface area contributed by atoms with Crippen molar-refractivity contribution in [1.29, 1.82) is 0 Å². The number of benzene rings is 1. The average molecular weight is 284 g/mol. The fourth-order valence-corrected chi connectivity index (χ4v) is 4.03. The predicted molar refractivity (Wildman–Crippen MR) is 81.1 cm³/mol. The van der Waals surface area contributed by atoms with E-state index in [-0.39, 0.29) is 12.0 Å². The van der Waals surface area contributed by atoms with Gasteiger partial charge >= 0.3 is 5.97 Å². The maximum Gasteiger partial charge on any atom is 0.323 e. The van der Waals surface area contributed by atoms with Crippen LogP contribution in [0, 0.1) is 0 Å². The highest BCUT2D eigenvalue weighted by molar-refractivity contribution is 5.87. The van der Waals surface area contributed by atoms with Crippen molar-refractivity contribution in [2.75, 3.05) is 13.7 Å². The van der Waals surface area contributed by atoms with Gasteiger partial charge in [-0.3, -0.25) is 9.69 Å². The molecule has 0 aliphatic carbocycles. The number of carbonyl (C=O) groups is 1. The van der Waals surface area contributed by atoms with Gasteiger partial charge in [0.2, 0.25) is 0 Å². The normalized spacial score (nSPS) is 25.4. The molecule has 21 heavy (non-hydrogen) atoms. The van der Waals surface area contributed by atoms with Crippen LogP contribution in [0.15, 0.2) is 24.3 Å². The van der Waals surface area contributed by atoms with Crippen molar-refractivity contribution >= 4 is 16.9 Å². The number of aromatic amines is 1. The van der Waals surface area contributed by atoms with E-state index in [2.05, 4.69) is 34.1 Å². The molecule has 4 heteroatoms. The Balaban J connectivity index is 1.86. The second-order valence-electron chi connectivity index (χ2n) is 6.06. The van der Waals surface area contributed by atoms with Crippen LogP contribution < -0.4 is 0 Å². The molecule has 1 N–H and O–H groups in total. The number of hydrogen-bond donors (Lipinski definition) is 1. The van der Waals surface area contributed by atoms with Crippen molar-refractivity contribution in [3.8, 4) is 0 Å². The summed E-state index contributed by atoms with van der Waals surface area (Å²) in [6.45, 7) is 0.985. The molecule has 0 bridgehead atoms. The second kappa shape index (κ2) is 4.88. The number of H-pyrrole nitrogens is 1. The van der Waals surface area contributed by atoms with E-state index >= 15 is 0 Å². The molecule has 2 atom stereocenters. The summed E-state index contributed by atoms with van der Waals surface area (Å²) in [5, 5.41) is 1.26. The quantitative estimate of drug-likeness (QED) is 0.819. The van der Waals surface area contributed by atoms with Crippen molar-refractivity contribution in [3.63, 3.8) is 0 Å². The summed E-state index contributed by atoms with van der Waals surface area (Å²) in [4.78, 5) is 18.2. The Hall–Kier alpha value is -1.81. The van der Waals surface area contributed by atoms with Crippen molar-refractivity contribution in [1.82, 2.24) is 9.88 Å². The summed E-state index contributed by atoms with van der Waals surface area (Å²) in [7, 11) is 1.49. The molecule has 1 aromatic carbocycles. The lowest BCUT2D eigenvalue weighted by Gasteiger charge is -2.43. The van der Waals surface area contributed by atoms with E-state index in [9.17, 15) is 4.79 Å². The number of esters is 1. The van der Waals surface area contributed by atoms with Crippen molar-refractivity contribution < 1.29 is 9.53 Å². The summed E-state index contributed by atoms with van der Waals surface area (Å²) < 4.78 is 5.05. The van der Waals surface area contributed by atoms with Crippen LogP contribution >= 0.6 is 0 Å². The van der Waals surface area contributed by atoms with Crippen LogP contribution in [-0.2, 0) is 16.0 Å². The lowest BCUT2D eigenvalue weighted by molar-refractivity contribution is -0.149. The van der Waals surface area contributed by atoms with Gasteiger partial charge in [0.05, 0.1) is 13.2 Å². The Bertz CT molecular complexity index is 691. The second-order valence-corrected chi connectivity index (χ2v) is 6.06. The van der Waals surface area contributed by atoms with Crippen molar-refractivity contribution in [2.45, 2.75) is 37.8 Å². The fourth-order valence-electron chi connectivity index (χ4n) is 4.03. The molecule has 1 saturated heterocycles. The van der Waals surface area contributed by atoms with Crippen LogP contribution in [0.25, 0.3) is 10.9 Å². The maximum absolute atomic E-state index is 12.2. The number of nitrogens with one attached hydrogen (secondary N) is 1. The summed E-state index contributed by atoms with van der Waals surface area (Å²) in [6, 6.07) is 8.59. The van der Waals surface area contributed by atoms with Crippen LogP contribution in [0.1, 0.15) is 36.6 Å². The number of fused-ring (bicyclic) bond motifs is 5. The number of methoxy groups -OCH3 is 1. The van der Waals surface area contributed by atoms with Gasteiger partial charge in [-0.05, 0) is 31.0 Å². The van der Waals surface area contributed by atoms with Gasteiger partial charge in [-0.2, -0.15) is 0 Å². The minimum absolute atomic E-state index is 0.0992. The molecule has 0 unspecified atom stereocenters. The molecule has 0 amide bonds. The average Bonchev–Trinajstić information content (AvgIpc) is 2.92. The zero-order chi connectivity index (χ0) is 14.4. The van der Waals surface area contributed by atoms with E-state index in [1.807, 2.05) is 0 Å². The van der Waals surface area contributed by atoms with Gasteiger partial charge in [0.15, 0.2) is 0 Å². The zero-order valence-electron chi connectivity index (χ0n) is 12.3. The third kappa shape index (κ3) is 1.89. The number of rotatable bonds is 1. The van der Waals surface area contributed by atoms with Crippen LogP contribution in [0.5, 0.6) is 0 Å². The van der Waals surface area contributed by atoms with E-state index in [1.54, 1.807) is 0 Å².